The van der Waals surface area contributed by atoms with Crippen LogP contribution in [-0.2, 0) is 6.42 Å². The Morgan fingerprint density at radius 1 is 1.43 bits per heavy atom. The lowest BCUT2D eigenvalue weighted by atomic mass is 10.1. The zero-order valence-electron chi connectivity index (χ0n) is 11.7. The van der Waals surface area contributed by atoms with Crippen molar-refractivity contribution in [2.45, 2.75) is 19.4 Å². The smallest absolute Gasteiger partial charge is 0.267 e. The van der Waals surface area contributed by atoms with Gasteiger partial charge in [0.2, 0.25) is 0 Å². The molecule has 1 atom stereocenters. The van der Waals surface area contributed by atoms with Crippen LogP contribution in [0.3, 0.4) is 0 Å². The minimum atomic E-state index is -0.103. The molecule has 0 saturated heterocycles. The number of anilines is 1. The van der Waals surface area contributed by atoms with E-state index in [1.54, 1.807) is 11.3 Å². The van der Waals surface area contributed by atoms with Gasteiger partial charge in [-0.25, -0.2) is 0 Å². The molecule has 2 aromatic heterocycles. The summed E-state index contributed by atoms with van der Waals surface area (Å²) in [6, 6.07) is 9.63. The lowest BCUT2D eigenvalue weighted by molar-refractivity contribution is 0.0936. The molecule has 3 rings (SSSR count). The van der Waals surface area contributed by atoms with Crippen molar-refractivity contribution < 1.29 is 4.79 Å². The lowest BCUT2D eigenvalue weighted by Crippen LogP contribution is -2.34. The number of nitrogens with two attached hydrogens (primary N) is 1. The third kappa shape index (κ3) is 2.92. The Morgan fingerprint density at radius 2 is 2.29 bits per heavy atom. The summed E-state index contributed by atoms with van der Waals surface area (Å²) in [5, 5.41) is 8.11. The van der Waals surface area contributed by atoms with Crippen molar-refractivity contribution in [1.29, 1.82) is 0 Å². The van der Waals surface area contributed by atoms with Crippen molar-refractivity contribution in [3.63, 3.8) is 0 Å². The van der Waals surface area contributed by atoms with Crippen LogP contribution < -0.4 is 11.1 Å². The molecule has 0 aliphatic rings. The van der Waals surface area contributed by atoms with Gasteiger partial charge in [-0.05, 0) is 47.9 Å². The molecular formula is C16H17N3OS. The van der Waals surface area contributed by atoms with E-state index in [2.05, 4.69) is 21.7 Å². The van der Waals surface area contributed by atoms with Gasteiger partial charge in [-0.3, -0.25) is 4.79 Å². The van der Waals surface area contributed by atoms with Crippen LogP contribution in [0.15, 0.2) is 41.1 Å². The maximum atomic E-state index is 12.3. The number of thiophene rings is 1. The Hall–Kier alpha value is -2.27. The van der Waals surface area contributed by atoms with Gasteiger partial charge in [-0.2, -0.15) is 11.3 Å². The van der Waals surface area contributed by atoms with E-state index < -0.39 is 0 Å². The Morgan fingerprint density at radius 3 is 3.00 bits per heavy atom. The van der Waals surface area contributed by atoms with Crippen molar-refractivity contribution >= 4 is 33.8 Å². The SMILES string of the molecule is CC(Cc1ccsc1)NC(=O)c1cc2cccc(N)c2[nH]1. The molecule has 0 bridgehead atoms. The van der Waals surface area contributed by atoms with Crippen molar-refractivity contribution in [2.24, 2.45) is 0 Å². The molecule has 1 unspecified atom stereocenters. The number of nitrogen functional groups attached to an aromatic ring is 1. The van der Waals surface area contributed by atoms with Gasteiger partial charge in [-0.1, -0.05) is 12.1 Å². The van der Waals surface area contributed by atoms with Crippen LogP contribution in [0.1, 0.15) is 23.0 Å². The second-order valence-electron chi connectivity index (χ2n) is 5.20. The number of rotatable bonds is 4. The number of aromatic amines is 1. The number of hydrogen-bond acceptors (Lipinski definition) is 3. The number of benzene rings is 1. The van der Waals surface area contributed by atoms with E-state index >= 15 is 0 Å². The summed E-state index contributed by atoms with van der Waals surface area (Å²) in [7, 11) is 0. The maximum Gasteiger partial charge on any atom is 0.267 e. The molecule has 0 aliphatic heterocycles. The third-order valence-electron chi connectivity index (χ3n) is 3.43. The Balaban J connectivity index is 1.73. The monoisotopic (exact) mass is 299 g/mol. The summed E-state index contributed by atoms with van der Waals surface area (Å²) in [6.07, 6.45) is 0.831. The fourth-order valence-corrected chi connectivity index (χ4v) is 3.10. The molecule has 4 N–H and O–H groups in total. The second-order valence-corrected chi connectivity index (χ2v) is 5.98. The molecule has 3 aromatic rings. The molecule has 108 valence electrons. The number of amides is 1. The van der Waals surface area contributed by atoms with Gasteiger partial charge in [0.15, 0.2) is 0 Å². The fraction of sp³-hybridized carbons (Fsp3) is 0.188. The molecular weight excluding hydrogens is 282 g/mol. The molecule has 1 amide bonds. The predicted octanol–water partition coefficient (Wildman–Crippen LogP) is 3.17. The van der Waals surface area contributed by atoms with Crippen molar-refractivity contribution in [2.75, 3.05) is 5.73 Å². The summed E-state index contributed by atoms with van der Waals surface area (Å²) in [5.74, 6) is -0.103. The molecule has 21 heavy (non-hydrogen) atoms. The number of aromatic nitrogens is 1. The fourth-order valence-electron chi connectivity index (χ4n) is 2.42. The summed E-state index contributed by atoms with van der Waals surface area (Å²) in [5.41, 5.74) is 9.15. The van der Waals surface area contributed by atoms with Gasteiger partial charge >= 0.3 is 0 Å². The first-order chi connectivity index (χ1) is 10.1. The molecule has 5 heteroatoms. The van der Waals surface area contributed by atoms with Gasteiger partial charge in [0.25, 0.3) is 5.91 Å². The number of nitrogens with one attached hydrogen (secondary N) is 2. The van der Waals surface area contributed by atoms with E-state index in [-0.39, 0.29) is 11.9 Å². The van der Waals surface area contributed by atoms with Crippen molar-refractivity contribution in [1.82, 2.24) is 10.3 Å². The highest BCUT2D eigenvalue weighted by Crippen LogP contribution is 2.21. The highest BCUT2D eigenvalue weighted by molar-refractivity contribution is 7.07. The molecule has 0 fully saturated rings. The average molecular weight is 299 g/mol. The summed E-state index contributed by atoms with van der Waals surface area (Å²) in [6.45, 7) is 2.01. The first-order valence-electron chi connectivity index (χ1n) is 6.82. The number of para-hydroxylation sites is 1. The number of carbonyl (C=O) groups is 1. The number of H-pyrrole nitrogens is 1. The van der Waals surface area contributed by atoms with Crippen LogP contribution in [0.25, 0.3) is 10.9 Å². The molecule has 0 saturated carbocycles. The second kappa shape index (κ2) is 5.61. The van der Waals surface area contributed by atoms with Gasteiger partial charge in [0.05, 0.1) is 11.2 Å². The van der Waals surface area contributed by atoms with Crippen LogP contribution in [0.5, 0.6) is 0 Å². The zero-order chi connectivity index (χ0) is 14.8. The number of hydrogen-bond donors (Lipinski definition) is 3. The van der Waals surface area contributed by atoms with E-state index in [0.29, 0.717) is 11.4 Å². The Bertz CT molecular complexity index is 761. The average Bonchev–Trinajstić information content (AvgIpc) is 3.07. The topological polar surface area (TPSA) is 70.9 Å². The van der Waals surface area contributed by atoms with E-state index in [0.717, 1.165) is 17.3 Å². The molecule has 0 radical (unpaired) electrons. The van der Waals surface area contributed by atoms with Crippen LogP contribution in [0, 0.1) is 0 Å². The van der Waals surface area contributed by atoms with E-state index in [1.165, 1.54) is 5.56 Å². The largest absolute Gasteiger partial charge is 0.397 e. The van der Waals surface area contributed by atoms with Gasteiger partial charge in [0, 0.05) is 11.4 Å². The zero-order valence-corrected chi connectivity index (χ0v) is 12.5. The normalized spacial score (nSPS) is 12.4. The minimum Gasteiger partial charge on any atom is -0.397 e. The third-order valence-corrected chi connectivity index (χ3v) is 4.16. The number of fused-ring (bicyclic) bond motifs is 1. The standard InChI is InChI=1S/C16H17N3OS/c1-10(7-11-5-6-21-9-11)18-16(20)14-8-12-3-2-4-13(17)15(12)19-14/h2-6,8-10,19H,7,17H2,1H3,(H,18,20). The molecule has 0 aliphatic carbocycles. The van der Waals surface area contributed by atoms with E-state index in [4.69, 9.17) is 5.73 Å². The van der Waals surface area contributed by atoms with Crippen LogP contribution >= 0.6 is 11.3 Å². The summed E-state index contributed by atoms with van der Waals surface area (Å²) in [4.78, 5) is 15.4. The minimum absolute atomic E-state index is 0.0795. The van der Waals surface area contributed by atoms with Crippen LogP contribution in [0.4, 0.5) is 5.69 Å². The van der Waals surface area contributed by atoms with Gasteiger partial charge < -0.3 is 16.0 Å². The number of carbonyl (C=O) groups excluding carboxylic acids is 1. The Kier molecular flexibility index (Phi) is 3.66. The summed E-state index contributed by atoms with van der Waals surface area (Å²) < 4.78 is 0. The lowest BCUT2D eigenvalue weighted by Gasteiger charge is -2.12. The molecule has 4 nitrogen and oxygen atoms in total. The van der Waals surface area contributed by atoms with Crippen LogP contribution in [-0.4, -0.2) is 16.9 Å². The first kappa shape index (κ1) is 13.7. The van der Waals surface area contributed by atoms with Crippen molar-refractivity contribution in [3.05, 3.63) is 52.3 Å². The highest BCUT2D eigenvalue weighted by atomic mass is 32.1. The van der Waals surface area contributed by atoms with E-state index in [1.807, 2.05) is 36.6 Å². The van der Waals surface area contributed by atoms with Crippen LogP contribution in [0.2, 0.25) is 0 Å². The molecule has 2 heterocycles. The predicted molar refractivity (Wildman–Crippen MR) is 87.7 cm³/mol. The first-order valence-corrected chi connectivity index (χ1v) is 7.77. The maximum absolute atomic E-state index is 12.3. The van der Waals surface area contributed by atoms with Gasteiger partial charge in [0.1, 0.15) is 5.69 Å². The summed E-state index contributed by atoms with van der Waals surface area (Å²) >= 11 is 1.67. The van der Waals surface area contributed by atoms with Gasteiger partial charge in [-0.15, -0.1) is 0 Å². The van der Waals surface area contributed by atoms with E-state index in [9.17, 15) is 4.79 Å². The van der Waals surface area contributed by atoms with Crippen molar-refractivity contribution in [3.8, 4) is 0 Å². The molecule has 0 spiro atoms. The molecule has 1 aromatic carbocycles. The Labute approximate surface area is 127 Å². The highest BCUT2D eigenvalue weighted by Gasteiger charge is 2.13. The quantitative estimate of drug-likeness (QED) is 0.648.